The van der Waals surface area contributed by atoms with Crippen LogP contribution >= 0.6 is 21.6 Å². The van der Waals surface area contributed by atoms with E-state index in [2.05, 4.69) is 28.8 Å². The summed E-state index contributed by atoms with van der Waals surface area (Å²) in [5.41, 5.74) is 12.7. The van der Waals surface area contributed by atoms with E-state index in [4.69, 9.17) is 20.9 Å². The third-order valence-electron chi connectivity index (χ3n) is 4.16. The number of fused-ring (bicyclic) bond motifs is 1. The van der Waals surface area contributed by atoms with Gasteiger partial charge in [0.15, 0.2) is 11.5 Å². The highest BCUT2D eigenvalue weighted by atomic mass is 33.1. The second-order valence-electron chi connectivity index (χ2n) is 6.62. The Kier molecular flexibility index (Phi) is 6.25. The molecule has 1 unspecified atom stereocenters. The number of aliphatic hydroxyl groups is 1. The molecule has 2 aromatic rings. The fourth-order valence-corrected chi connectivity index (χ4v) is 4.76. The van der Waals surface area contributed by atoms with Gasteiger partial charge in [0, 0.05) is 17.7 Å². The van der Waals surface area contributed by atoms with Gasteiger partial charge in [-0.05, 0) is 13.8 Å². The van der Waals surface area contributed by atoms with Crippen molar-refractivity contribution in [1.29, 1.82) is 0 Å². The van der Waals surface area contributed by atoms with Gasteiger partial charge >= 0.3 is 0 Å². The number of hydrogen-bond acceptors (Lipinski definition) is 10. The van der Waals surface area contributed by atoms with Crippen molar-refractivity contribution < 1.29 is 14.6 Å². The van der Waals surface area contributed by atoms with Crippen LogP contribution in [0.5, 0.6) is 0 Å². The Balaban J connectivity index is 1.62. The van der Waals surface area contributed by atoms with Crippen molar-refractivity contribution in [3.63, 3.8) is 0 Å². The lowest BCUT2D eigenvalue weighted by atomic mass is 10.2. The van der Waals surface area contributed by atoms with Crippen LogP contribution < -0.4 is 11.5 Å². The number of nitrogen functional groups attached to an aromatic ring is 1. The van der Waals surface area contributed by atoms with Crippen LogP contribution in [-0.4, -0.2) is 60.7 Å². The Bertz CT molecular complexity index is 743. The van der Waals surface area contributed by atoms with Gasteiger partial charge in [0.25, 0.3) is 0 Å². The molecule has 1 aliphatic rings. The molecule has 1 aliphatic heterocycles. The molecule has 0 saturated carbocycles. The molecule has 2 aromatic heterocycles. The average Bonchev–Trinajstić information content (AvgIpc) is 3.23. The van der Waals surface area contributed by atoms with Crippen LogP contribution in [0.15, 0.2) is 12.7 Å². The predicted molar refractivity (Wildman–Crippen MR) is 103 cm³/mol. The van der Waals surface area contributed by atoms with Crippen LogP contribution in [0.2, 0.25) is 0 Å². The van der Waals surface area contributed by atoms with E-state index < -0.39 is 6.10 Å². The van der Waals surface area contributed by atoms with Gasteiger partial charge in [-0.2, -0.15) is 0 Å². The third kappa shape index (κ3) is 4.24. The standard InChI is InChI=1S/C15H24N6O3S2/c1-15(2,5-16)26-25-8-23-9-3-11(24-10(9)4-22)21-7-20-12-13(17)18-6-19-14(12)21/h6-7,9-11,22H,3-5,8,16H2,1-2H3,(H2,17,18,19)/t9?,10-,11-/m1/s1. The number of aromatic nitrogens is 4. The number of nitrogens with zero attached hydrogens (tertiary/aromatic N) is 4. The first-order chi connectivity index (χ1) is 12.4. The molecule has 144 valence electrons. The highest BCUT2D eigenvalue weighted by Gasteiger charge is 2.37. The molecule has 3 heterocycles. The van der Waals surface area contributed by atoms with Crippen LogP contribution in [0.4, 0.5) is 5.82 Å². The van der Waals surface area contributed by atoms with Crippen LogP contribution in [0.3, 0.4) is 0 Å². The summed E-state index contributed by atoms with van der Waals surface area (Å²) in [5, 5.41) is 9.63. The van der Waals surface area contributed by atoms with Gasteiger partial charge in [0.1, 0.15) is 30.1 Å². The largest absolute Gasteiger partial charge is 0.394 e. The van der Waals surface area contributed by atoms with Gasteiger partial charge in [-0.1, -0.05) is 21.6 Å². The second-order valence-corrected chi connectivity index (χ2v) is 9.57. The van der Waals surface area contributed by atoms with Crippen molar-refractivity contribution >= 4 is 38.6 Å². The topological polar surface area (TPSA) is 134 Å². The molecule has 3 atom stereocenters. The van der Waals surface area contributed by atoms with Crippen molar-refractivity contribution in [2.45, 2.75) is 43.5 Å². The minimum atomic E-state index is -0.398. The van der Waals surface area contributed by atoms with E-state index in [0.29, 0.717) is 35.9 Å². The maximum Gasteiger partial charge on any atom is 0.167 e. The van der Waals surface area contributed by atoms with Crippen LogP contribution in [0, 0.1) is 0 Å². The minimum absolute atomic E-state index is 0.00548. The lowest BCUT2D eigenvalue weighted by Crippen LogP contribution is -2.28. The monoisotopic (exact) mass is 400 g/mol. The predicted octanol–water partition coefficient (Wildman–Crippen LogP) is 1.15. The van der Waals surface area contributed by atoms with Crippen molar-refractivity contribution in [3.05, 3.63) is 12.7 Å². The lowest BCUT2D eigenvalue weighted by molar-refractivity contribution is -0.0532. The number of anilines is 1. The van der Waals surface area contributed by atoms with Crippen molar-refractivity contribution in [1.82, 2.24) is 19.5 Å². The number of hydrogen-bond donors (Lipinski definition) is 3. The number of rotatable bonds is 8. The minimum Gasteiger partial charge on any atom is -0.394 e. The summed E-state index contributed by atoms with van der Waals surface area (Å²) >= 11 is 0. The van der Waals surface area contributed by atoms with E-state index in [1.807, 2.05) is 0 Å². The van der Waals surface area contributed by atoms with E-state index in [-0.39, 0.29) is 23.7 Å². The van der Waals surface area contributed by atoms with Gasteiger partial charge in [0.2, 0.25) is 0 Å². The van der Waals surface area contributed by atoms with Gasteiger partial charge in [0.05, 0.1) is 19.0 Å². The first kappa shape index (κ1) is 19.6. The summed E-state index contributed by atoms with van der Waals surface area (Å²) in [6.45, 7) is 4.66. The molecule has 0 aromatic carbocycles. The Morgan fingerprint density at radius 2 is 2.23 bits per heavy atom. The fraction of sp³-hybridized carbons (Fsp3) is 0.667. The highest BCUT2D eigenvalue weighted by Crippen LogP contribution is 2.37. The Hall–Kier alpha value is -1.11. The SMILES string of the molecule is CC(C)(CN)SSCOC1C[C@H](n2cnc3c(N)ncnc32)O[C@@H]1CO. The smallest absolute Gasteiger partial charge is 0.167 e. The van der Waals surface area contributed by atoms with E-state index >= 15 is 0 Å². The molecular weight excluding hydrogens is 376 g/mol. The molecule has 11 heteroatoms. The maximum atomic E-state index is 9.63. The highest BCUT2D eigenvalue weighted by molar-refractivity contribution is 8.77. The Morgan fingerprint density at radius 3 is 2.96 bits per heavy atom. The maximum absolute atomic E-state index is 9.63. The van der Waals surface area contributed by atoms with E-state index in [1.165, 1.54) is 6.33 Å². The number of ether oxygens (including phenoxy) is 2. The van der Waals surface area contributed by atoms with Crippen molar-refractivity contribution in [2.75, 3.05) is 24.8 Å². The molecule has 0 amide bonds. The normalized spacial score (nSPS) is 23.8. The molecule has 0 radical (unpaired) electrons. The summed E-state index contributed by atoms with van der Waals surface area (Å²) in [6.07, 6.45) is 2.68. The van der Waals surface area contributed by atoms with Crippen molar-refractivity contribution in [2.24, 2.45) is 5.73 Å². The number of nitrogens with two attached hydrogens (primary N) is 2. The second kappa shape index (κ2) is 8.28. The van der Waals surface area contributed by atoms with Crippen molar-refractivity contribution in [3.8, 4) is 0 Å². The molecule has 1 saturated heterocycles. The zero-order valence-electron chi connectivity index (χ0n) is 14.7. The number of aliphatic hydroxyl groups excluding tert-OH is 1. The molecule has 0 aliphatic carbocycles. The summed E-state index contributed by atoms with van der Waals surface area (Å²) in [5.74, 6) is 0.819. The molecule has 5 N–H and O–H groups in total. The molecule has 1 fully saturated rings. The Labute approximate surface area is 159 Å². The van der Waals surface area contributed by atoms with Crippen LogP contribution in [-0.2, 0) is 9.47 Å². The molecule has 26 heavy (non-hydrogen) atoms. The first-order valence-corrected chi connectivity index (χ1v) is 10.6. The first-order valence-electron chi connectivity index (χ1n) is 8.27. The van der Waals surface area contributed by atoms with Gasteiger partial charge < -0.3 is 26.0 Å². The summed E-state index contributed by atoms with van der Waals surface area (Å²) in [4.78, 5) is 12.4. The fourth-order valence-electron chi connectivity index (χ4n) is 2.62. The van der Waals surface area contributed by atoms with Gasteiger partial charge in [-0.25, -0.2) is 15.0 Å². The molecule has 9 nitrogen and oxygen atoms in total. The van der Waals surface area contributed by atoms with Crippen LogP contribution in [0.25, 0.3) is 11.2 Å². The number of imidazole rings is 1. The summed E-state index contributed by atoms with van der Waals surface area (Å²) in [7, 11) is 3.30. The molecule has 0 bridgehead atoms. The zero-order valence-corrected chi connectivity index (χ0v) is 16.4. The molecular formula is C15H24N6O3S2. The summed E-state index contributed by atoms with van der Waals surface area (Å²) < 4.78 is 13.7. The Morgan fingerprint density at radius 1 is 1.42 bits per heavy atom. The van der Waals surface area contributed by atoms with Gasteiger partial charge in [-0.3, -0.25) is 4.57 Å². The van der Waals surface area contributed by atoms with E-state index in [1.54, 1.807) is 32.5 Å². The summed E-state index contributed by atoms with van der Waals surface area (Å²) in [6, 6.07) is 0. The zero-order chi connectivity index (χ0) is 18.7. The van der Waals surface area contributed by atoms with Crippen LogP contribution in [0.1, 0.15) is 26.5 Å². The van der Waals surface area contributed by atoms with Gasteiger partial charge in [-0.15, -0.1) is 0 Å². The van der Waals surface area contributed by atoms with E-state index in [0.717, 1.165) is 0 Å². The quantitative estimate of drug-likeness (QED) is 0.336. The van der Waals surface area contributed by atoms with E-state index in [9.17, 15) is 5.11 Å². The lowest BCUT2D eigenvalue weighted by Gasteiger charge is -2.21. The third-order valence-corrected chi connectivity index (χ3v) is 7.13. The molecule has 3 rings (SSSR count). The molecule has 0 spiro atoms. The average molecular weight is 401 g/mol.